The molecule has 1 rings (SSSR count). The molecule has 0 unspecified atom stereocenters. The van der Waals surface area contributed by atoms with E-state index in [2.05, 4.69) is 9.72 Å². The van der Waals surface area contributed by atoms with Gasteiger partial charge in [0, 0.05) is 17.3 Å². The fraction of sp³-hybridized carbons (Fsp3) is 0.444. The van der Waals surface area contributed by atoms with Crippen LogP contribution in [-0.2, 0) is 12.8 Å². The highest BCUT2D eigenvalue weighted by molar-refractivity contribution is 5.43. The number of aromatic nitrogens is 1. The summed E-state index contributed by atoms with van der Waals surface area (Å²) in [5, 5.41) is 8.86. The van der Waals surface area contributed by atoms with E-state index in [-0.39, 0.29) is 0 Å². The predicted octanol–water partition coefficient (Wildman–Crippen LogP) is 2.54. The molecule has 0 aromatic carbocycles. The third kappa shape index (κ3) is 2.63. The quantitative estimate of drug-likeness (QED) is 0.846. The van der Waals surface area contributed by atoms with Crippen LogP contribution in [0.5, 0.6) is 5.75 Å². The summed E-state index contributed by atoms with van der Waals surface area (Å²) in [4.78, 5) is 2.91. The Bertz CT molecular complexity index is 405. The highest BCUT2D eigenvalue weighted by atomic mass is 19.4. The van der Waals surface area contributed by atoms with Crippen molar-refractivity contribution in [1.82, 2.24) is 4.98 Å². The second-order valence-electron chi connectivity index (χ2n) is 3.03. The molecule has 0 fully saturated rings. The monoisotopic (exact) mass is 257 g/mol. The molecular weight excluding hydrogens is 249 g/mol. The number of alkyl halides is 5. The van der Waals surface area contributed by atoms with E-state index in [4.69, 9.17) is 5.11 Å². The summed E-state index contributed by atoms with van der Waals surface area (Å²) < 4.78 is 66.8. The van der Waals surface area contributed by atoms with Gasteiger partial charge in [0.1, 0.15) is 0 Å². The number of nitrogens with zero attached hydrogens (tertiary/aromatic N) is 1. The highest BCUT2D eigenvalue weighted by Crippen LogP contribution is 2.39. The van der Waals surface area contributed by atoms with Gasteiger partial charge >= 0.3 is 6.18 Å². The summed E-state index contributed by atoms with van der Waals surface area (Å²) >= 11 is 0. The summed E-state index contributed by atoms with van der Waals surface area (Å²) in [6.07, 6.45) is -7.49. The van der Waals surface area contributed by atoms with Crippen molar-refractivity contribution in [2.24, 2.45) is 0 Å². The van der Waals surface area contributed by atoms with E-state index in [1.807, 2.05) is 0 Å². The normalized spacial score (nSPS) is 12.0. The number of pyridine rings is 1. The largest absolute Gasteiger partial charge is 0.494 e. The lowest BCUT2D eigenvalue weighted by atomic mass is 10.1. The van der Waals surface area contributed by atoms with E-state index < -0.39 is 41.8 Å². The van der Waals surface area contributed by atoms with Crippen LogP contribution in [0.1, 0.15) is 23.2 Å². The summed E-state index contributed by atoms with van der Waals surface area (Å²) in [6, 6.07) is 0. The van der Waals surface area contributed by atoms with Gasteiger partial charge in [-0.15, -0.1) is 0 Å². The number of ether oxygens (including phenoxy) is 1. The molecule has 0 saturated carbocycles. The first-order chi connectivity index (χ1) is 7.82. The lowest BCUT2D eigenvalue weighted by Crippen LogP contribution is -2.13. The van der Waals surface area contributed by atoms with Crippen LogP contribution in [0.3, 0.4) is 0 Å². The molecule has 0 amide bonds. The number of aliphatic hydroxyl groups excluding tert-OH is 1. The molecule has 17 heavy (non-hydrogen) atoms. The molecule has 1 N–H and O–H groups in total. The molecule has 0 saturated heterocycles. The standard InChI is InChI=1S/C9H8F5NO2/c1-17-6-5(3-16)4(8(10)11)2-15-7(6)9(12,13)14/h2,8,16H,3H2,1H3. The van der Waals surface area contributed by atoms with E-state index in [1.165, 1.54) is 0 Å². The van der Waals surface area contributed by atoms with Crippen LogP contribution in [0.4, 0.5) is 22.0 Å². The van der Waals surface area contributed by atoms with Gasteiger partial charge in [-0.25, -0.2) is 13.8 Å². The lowest BCUT2D eigenvalue weighted by molar-refractivity contribution is -0.142. The Balaban J connectivity index is 3.49. The molecule has 96 valence electrons. The van der Waals surface area contributed by atoms with Gasteiger partial charge in [0.05, 0.1) is 13.7 Å². The van der Waals surface area contributed by atoms with Gasteiger partial charge in [0.15, 0.2) is 11.4 Å². The topological polar surface area (TPSA) is 42.4 Å². The Kier molecular flexibility index (Phi) is 3.87. The van der Waals surface area contributed by atoms with Crippen molar-refractivity contribution < 1.29 is 31.8 Å². The zero-order valence-electron chi connectivity index (χ0n) is 8.55. The fourth-order valence-corrected chi connectivity index (χ4v) is 1.32. The van der Waals surface area contributed by atoms with E-state index >= 15 is 0 Å². The minimum atomic E-state index is -4.84. The predicted molar refractivity (Wildman–Crippen MR) is 46.7 cm³/mol. The van der Waals surface area contributed by atoms with E-state index in [9.17, 15) is 22.0 Å². The molecular formula is C9H8F5NO2. The Hall–Kier alpha value is -1.44. The Morgan fingerprint density at radius 3 is 2.35 bits per heavy atom. The second-order valence-corrected chi connectivity index (χ2v) is 3.03. The number of aliphatic hydroxyl groups is 1. The second kappa shape index (κ2) is 4.82. The smallest absolute Gasteiger partial charge is 0.437 e. The lowest BCUT2D eigenvalue weighted by Gasteiger charge is -2.16. The third-order valence-corrected chi connectivity index (χ3v) is 2.04. The summed E-state index contributed by atoms with van der Waals surface area (Å²) in [6.45, 7) is -0.992. The van der Waals surface area contributed by atoms with E-state index in [1.54, 1.807) is 0 Å². The summed E-state index contributed by atoms with van der Waals surface area (Å²) in [7, 11) is 0.890. The molecule has 8 heteroatoms. The van der Waals surface area contributed by atoms with Crippen LogP contribution in [-0.4, -0.2) is 17.2 Å². The molecule has 0 aliphatic rings. The van der Waals surface area contributed by atoms with Gasteiger partial charge in [-0.2, -0.15) is 13.2 Å². The Labute approximate surface area is 92.8 Å². The van der Waals surface area contributed by atoms with Crippen LogP contribution >= 0.6 is 0 Å². The third-order valence-electron chi connectivity index (χ3n) is 2.04. The molecule has 0 atom stereocenters. The molecule has 0 radical (unpaired) electrons. The molecule has 3 nitrogen and oxygen atoms in total. The maximum atomic E-state index is 12.5. The first-order valence-corrected chi connectivity index (χ1v) is 4.34. The van der Waals surface area contributed by atoms with Gasteiger partial charge in [-0.1, -0.05) is 0 Å². The van der Waals surface area contributed by atoms with Crippen molar-refractivity contribution >= 4 is 0 Å². The van der Waals surface area contributed by atoms with Gasteiger partial charge in [-0.3, -0.25) is 0 Å². The molecule has 1 aromatic heterocycles. The van der Waals surface area contributed by atoms with E-state index in [0.717, 1.165) is 7.11 Å². The van der Waals surface area contributed by atoms with Crippen LogP contribution < -0.4 is 4.74 Å². The number of methoxy groups -OCH3 is 1. The molecule has 1 heterocycles. The Morgan fingerprint density at radius 1 is 1.41 bits per heavy atom. The SMILES string of the molecule is COc1c(C(F)(F)F)ncc(C(F)F)c1CO. The van der Waals surface area contributed by atoms with Crippen LogP contribution in [0, 0.1) is 0 Å². The van der Waals surface area contributed by atoms with Crippen molar-refractivity contribution in [2.75, 3.05) is 7.11 Å². The highest BCUT2D eigenvalue weighted by Gasteiger charge is 2.38. The van der Waals surface area contributed by atoms with Crippen LogP contribution in [0.15, 0.2) is 6.20 Å². The van der Waals surface area contributed by atoms with Crippen LogP contribution in [0.2, 0.25) is 0 Å². The first kappa shape index (κ1) is 13.6. The van der Waals surface area contributed by atoms with Crippen molar-refractivity contribution in [2.45, 2.75) is 19.2 Å². The van der Waals surface area contributed by atoms with Gasteiger partial charge in [0.25, 0.3) is 6.43 Å². The maximum Gasteiger partial charge on any atom is 0.437 e. The minimum Gasteiger partial charge on any atom is -0.494 e. The average molecular weight is 257 g/mol. The van der Waals surface area contributed by atoms with Gasteiger partial charge in [0.2, 0.25) is 0 Å². The van der Waals surface area contributed by atoms with Gasteiger partial charge in [-0.05, 0) is 0 Å². The number of hydrogen-bond donors (Lipinski definition) is 1. The summed E-state index contributed by atoms with van der Waals surface area (Å²) in [5.41, 5.74) is -2.82. The first-order valence-electron chi connectivity index (χ1n) is 4.34. The zero-order valence-corrected chi connectivity index (χ0v) is 8.55. The molecule has 0 aliphatic carbocycles. The zero-order chi connectivity index (χ0) is 13.2. The van der Waals surface area contributed by atoms with Gasteiger partial charge < -0.3 is 9.84 Å². The Morgan fingerprint density at radius 2 is 2.00 bits per heavy atom. The minimum absolute atomic E-state index is 0.390. The van der Waals surface area contributed by atoms with Crippen molar-refractivity contribution in [3.8, 4) is 5.75 Å². The maximum absolute atomic E-state index is 12.5. The average Bonchev–Trinajstić information content (AvgIpc) is 2.25. The van der Waals surface area contributed by atoms with Crippen molar-refractivity contribution in [3.63, 3.8) is 0 Å². The number of halogens is 5. The van der Waals surface area contributed by atoms with Crippen LogP contribution in [0.25, 0.3) is 0 Å². The van der Waals surface area contributed by atoms with E-state index in [0.29, 0.717) is 6.20 Å². The summed E-state index contributed by atoms with van der Waals surface area (Å²) in [5.74, 6) is -0.877. The molecule has 0 bridgehead atoms. The van der Waals surface area contributed by atoms with Crippen molar-refractivity contribution in [3.05, 3.63) is 23.0 Å². The van der Waals surface area contributed by atoms with Crippen molar-refractivity contribution in [1.29, 1.82) is 0 Å². The number of rotatable bonds is 3. The molecule has 0 aliphatic heterocycles. The molecule has 0 spiro atoms. The number of hydrogen-bond acceptors (Lipinski definition) is 3. The molecule has 1 aromatic rings. The fourth-order valence-electron chi connectivity index (χ4n) is 1.32.